The molecule has 0 unspecified atom stereocenters. The molecule has 3 aliphatic carbocycles. The van der Waals surface area contributed by atoms with Crippen LogP contribution < -0.4 is 4.72 Å². The molecule has 50 heavy (non-hydrogen) atoms. The lowest BCUT2D eigenvalue weighted by atomic mass is 9.96. The summed E-state index contributed by atoms with van der Waals surface area (Å²) in [6, 6.07) is 16.7. The van der Waals surface area contributed by atoms with Gasteiger partial charge in [-0.3, -0.25) is 4.79 Å². The molecule has 2 saturated carbocycles. The van der Waals surface area contributed by atoms with Crippen LogP contribution in [0.3, 0.4) is 0 Å². The molecule has 1 atom stereocenters. The van der Waals surface area contributed by atoms with E-state index in [0.717, 1.165) is 54.4 Å². The molecule has 1 N–H and O–H groups in total. The Hall–Kier alpha value is -2.97. The van der Waals surface area contributed by atoms with Crippen molar-refractivity contribution in [1.29, 1.82) is 0 Å². The van der Waals surface area contributed by atoms with Gasteiger partial charge in [0.15, 0.2) is 0 Å². The average Bonchev–Trinajstić information content (AvgIpc) is 3.72. The summed E-state index contributed by atoms with van der Waals surface area (Å²) < 4.78 is 30.0. The highest BCUT2D eigenvalue weighted by molar-refractivity contribution is 7.90. The first-order chi connectivity index (χ1) is 22.7. The molecule has 2 aromatic carbocycles. The Morgan fingerprint density at radius 2 is 1.24 bits per heavy atom. The minimum Gasteiger partial charge on any atom is -0.462 e. The number of oxime groups is 1. The van der Waals surface area contributed by atoms with Gasteiger partial charge in [0.2, 0.25) is 10.0 Å². The van der Waals surface area contributed by atoms with Crippen molar-refractivity contribution >= 4 is 21.7 Å². The van der Waals surface area contributed by atoms with E-state index in [1.807, 2.05) is 53.7 Å². The van der Waals surface area contributed by atoms with Gasteiger partial charge in [-0.15, -0.1) is 13.2 Å². The van der Waals surface area contributed by atoms with Crippen LogP contribution in [0.15, 0.2) is 66.8 Å². The van der Waals surface area contributed by atoms with E-state index in [2.05, 4.69) is 87.1 Å². The van der Waals surface area contributed by atoms with Crippen LogP contribution in [0.1, 0.15) is 140 Å². The normalized spacial score (nSPS) is 14.8. The summed E-state index contributed by atoms with van der Waals surface area (Å²) in [4.78, 5) is 16.5. The second kappa shape index (κ2) is 25.1. The number of carbonyl (C=O) groups excluding carboxylic acids is 1. The first-order valence-corrected chi connectivity index (χ1v) is 19.4. The molecule has 0 radical (unpaired) electrons. The minimum atomic E-state index is -2.94. The van der Waals surface area contributed by atoms with E-state index in [1.165, 1.54) is 30.4 Å². The molecule has 3 aliphatic rings. The molecule has 2 aromatic rings. The summed E-state index contributed by atoms with van der Waals surface area (Å²) in [6.45, 7) is 26.5. The molecule has 5 rings (SSSR count). The lowest BCUT2D eigenvalue weighted by molar-refractivity contribution is -0.152. The third kappa shape index (κ3) is 17.3. The first-order valence-electron chi connectivity index (χ1n) is 17.8. The Morgan fingerprint density at radius 3 is 1.56 bits per heavy atom. The number of ether oxygens (including phenoxy) is 1. The van der Waals surface area contributed by atoms with Crippen LogP contribution in [0.4, 0.5) is 0 Å². The lowest BCUT2D eigenvalue weighted by Crippen LogP contribution is -2.32. The molecule has 0 aromatic heterocycles. The molecule has 0 aliphatic heterocycles. The van der Waals surface area contributed by atoms with Gasteiger partial charge in [0, 0.05) is 17.2 Å². The number of rotatable bonds is 9. The standard InChI is InChI=1S/C16H15NO.C9H16O2.C7H16.C6H13NO2S.C2H4.2CH4/c1-11(2)18-17-16-14-9-5-3-7-12(14)13-8-4-6-10-15(13)16;1-7(2)9(10)11-8-5-3-4-6-8;1-5-7(4)6(2)3;1-5(2)7-10(8,9)6-3-4-6;1-2;;/h3-11H,1-2H3;7-8H,3-6H2,1-2H3;6-7H,5H2,1-4H3;5-7H,3-4H2,1-2H3;1-2H2;2*1H4/t;;7-;;;;/m..0..../s1. The number of esters is 1. The van der Waals surface area contributed by atoms with Crippen molar-refractivity contribution in [3.05, 3.63) is 72.8 Å². The summed E-state index contributed by atoms with van der Waals surface area (Å²) in [7, 11) is -2.94. The Morgan fingerprint density at radius 1 is 0.800 bits per heavy atom. The van der Waals surface area contributed by atoms with E-state index in [4.69, 9.17) is 9.57 Å². The van der Waals surface area contributed by atoms with E-state index in [0.29, 0.717) is 0 Å². The van der Waals surface area contributed by atoms with Crippen molar-refractivity contribution in [2.45, 2.75) is 153 Å². The number of benzene rings is 2. The SMILES string of the molecule is C.C.C=C.CC(C)C(=O)OC1CCCC1.CC(C)NS(=O)(=O)C1CC1.CC(C)ON=C1c2ccccc2-c2ccccc21.CC[C@H](C)C(C)C. The van der Waals surface area contributed by atoms with Crippen LogP contribution in [0.5, 0.6) is 0 Å². The van der Waals surface area contributed by atoms with Crippen LogP contribution in [-0.2, 0) is 24.4 Å². The fourth-order valence-electron chi connectivity index (χ4n) is 4.83. The maximum atomic E-state index is 11.1. The van der Waals surface area contributed by atoms with Crippen molar-refractivity contribution in [2.24, 2.45) is 22.9 Å². The number of nitrogens with zero attached hydrogens (tertiary/aromatic N) is 1. The number of carbonyl (C=O) groups is 1. The Bertz CT molecular complexity index is 1310. The number of nitrogens with one attached hydrogen (secondary N) is 1. The molecule has 2 fully saturated rings. The van der Waals surface area contributed by atoms with Gasteiger partial charge in [-0.05, 0) is 89.2 Å². The van der Waals surface area contributed by atoms with Crippen LogP contribution in [-0.4, -0.2) is 43.6 Å². The molecular weight excluding hydrogens is 645 g/mol. The van der Waals surface area contributed by atoms with Gasteiger partial charge in [0.25, 0.3) is 0 Å². The zero-order valence-corrected chi connectivity index (χ0v) is 32.2. The van der Waals surface area contributed by atoms with Crippen molar-refractivity contribution in [3.63, 3.8) is 0 Å². The minimum absolute atomic E-state index is 0. The third-order valence-electron chi connectivity index (χ3n) is 8.21. The molecule has 0 amide bonds. The molecule has 286 valence electrons. The molecule has 0 spiro atoms. The summed E-state index contributed by atoms with van der Waals surface area (Å²) >= 11 is 0. The van der Waals surface area contributed by atoms with Crippen molar-refractivity contribution < 1.29 is 22.8 Å². The average molecular weight is 717 g/mol. The van der Waals surface area contributed by atoms with E-state index in [9.17, 15) is 13.2 Å². The van der Waals surface area contributed by atoms with Gasteiger partial charge in [-0.25, -0.2) is 13.1 Å². The number of sulfonamides is 1. The highest BCUT2D eigenvalue weighted by Crippen LogP contribution is 2.36. The maximum absolute atomic E-state index is 11.1. The van der Waals surface area contributed by atoms with Crippen molar-refractivity contribution in [1.82, 2.24) is 4.72 Å². The van der Waals surface area contributed by atoms with Gasteiger partial charge in [-0.2, -0.15) is 0 Å². The molecule has 8 heteroatoms. The largest absolute Gasteiger partial charge is 0.462 e. The van der Waals surface area contributed by atoms with Crippen LogP contribution in [0.2, 0.25) is 0 Å². The fraction of sp³-hybridized carbons (Fsp3) is 0.619. The third-order valence-corrected chi connectivity index (χ3v) is 10.4. The van der Waals surface area contributed by atoms with Crippen LogP contribution in [0.25, 0.3) is 11.1 Å². The number of fused-ring (bicyclic) bond motifs is 3. The summed E-state index contributed by atoms with van der Waals surface area (Å²) in [6.07, 6.45) is 7.88. The van der Waals surface area contributed by atoms with Gasteiger partial charge in [0.1, 0.15) is 17.9 Å². The van der Waals surface area contributed by atoms with E-state index in [1.54, 1.807) is 0 Å². The molecular formula is C42H72N2O5S. The number of hydrogen-bond acceptors (Lipinski definition) is 6. The first kappa shape index (κ1) is 49.1. The maximum Gasteiger partial charge on any atom is 0.308 e. The Balaban J connectivity index is 0. The fourth-order valence-corrected chi connectivity index (χ4v) is 6.44. The van der Waals surface area contributed by atoms with Gasteiger partial charge < -0.3 is 9.57 Å². The van der Waals surface area contributed by atoms with Crippen LogP contribution in [0, 0.1) is 17.8 Å². The highest BCUT2D eigenvalue weighted by Gasteiger charge is 2.35. The highest BCUT2D eigenvalue weighted by atomic mass is 32.2. The monoisotopic (exact) mass is 717 g/mol. The lowest BCUT2D eigenvalue weighted by Gasteiger charge is -2.12. The smallest absolute Gasteiger partial charge is 0.308 e. The Kier molecular flexibility index (Phi) is 24.6. The van der Waals surface area contributed by atoms with Crippen molar-refractivity contribution in [3.8, 4) is 11.1 Å². The molecule has 7 nitrogen and oxygen atoms in total. The second-order valence-corrected chi connectivity index (χ2v) is 15.8. The Labute approximate surface area is 307 Å². The van der Waals surface area contributed by atoms with E-state index >= 15 is 0 Å². The van der Waals surface area contributed by atoms with E-state index in [-0.39, 0.29) is 50.2 Å². The summed E-state index contributed by atoms with van der Waals surface area (Å²) in [5, 5.41) is 4.23. The van der Waals surface area contributed by atoms with E-state index < -0.39 is 10.0 Å². The summed E-state index contributed by atoms with van der Waals surface area (Å²) in [5.74, 6) is 1.75. The predicted octanol–water partition coefficient (Wildman–Crippen LogP) is 11.2. The molecule has 0 bridgehead atoms. The van der Waals surface area contributed by atoms with Gasteiger partial charge >= 0.3 is 5.97 Å². The van der Waals surface area contributed by atoms with Gasteiger partial charge in [-0.1, -0.05) is 117 Å². The predicted molar refractivity (Wildman–Crippen MR) is 216 cm³/mol. The quantitative estimate of drug-likeness (QED) is 0.135. The molecule has 0 heterocycles. The molecule has 0 saturated heterocycles. The zero-order chi connectivity index (χ0) is 36.4. The van der Waals surface area contributed by atoms with Crippen LogP contribution >= 0.6 is 0 Å². The zero-order valence-electron chi connectivity index (χ0n) is 31.4. The van der Waals surface area contributed by atoms with Crippen molar-refractivity contribution in [2.75, 3.05) is 0 Å². The summed E-state index contributed by atoms with van der Waals surface area (Å²) in [5.41, 5.74) is 5.71. The topological polar surface area (TPSA) is 94.1 Å². The number of hydrogen-bond donors (Lipinski definition) is 1. The van der Waals surface area contributed by atoms with Gasteiger partial charge in [0.05, 0.1) is 11.2 Å². The second-order valence-electron chi connectivity index (χ2n) is 13.8.